The van der Waals surface area contributed by atoms with Crippen LogP contribution in [0.15, 0.2) is 17.0 Å². The van der Waals surface area contributed by atoms with Gasteiger partial charge in [-0.3, -0.25) is 0 Å². The van der Waals surface area contributed by atoms with E-state index < -0.39 is 16.0 Å². The average Bonchev–Trinajstić information content (AvgIpc) is 2.40. The van der Waals surface area contributed by atoms with Crippen LogP contribution in [0.5, 0.6) is 0 Å². The van der Waals surface area contributed by atoms with E-state index in [0.29, 0.717) is 19.3 Å². The van der Waals surface area contributed by atoms with Crippen molar-refractivity contribution in [3.05, 3.63) is 28.3 Å². The third-order valence-electron chi connectivity index (χ3n) is 2.85. The minimum Gasteiger partial charge on any atom is -0.478 e. The minimum atomic E-state index is -3.84. The van der Waals surface area contributed by atoms with Crippen LogP contribution in [0.1, 0.15) is 35.2 Å². The number of unbranched alkanes of at least 4 members (excludes halogenated alkanes) is 2. The number of carbonyl (C=O) groups is 1. The van der Waals surface area contributed by atoms with Crippen molar-refractivity contribution in [1.29, 1.82) is 5.26 Å². The Hall–Kier alpha value is -1.62. The summed E-state index contributed by atoms with van der Waals surface area (Å²) in [5.74, 6) is -1.24. The fraction of sp³-hybridized carbons (Fsp3) is 0.385. The molecule has 0 saturated heterocycles. The molecule has 8 heteroatoms. The van der Waals surface area contributed by atoms with E-state index >= 15 is 0 Å². The summed E-state index contributed by atoms with van der Waals surface area (Å²) < 4.78 is 26.7. The molecule has 21 heavy (non-hydrogen) atoms. The number of carboxylic acids is 1. The molecule has 0 unspecified atom stereocenters. The lowest BCUT2D eigenvalue weighted by Gasteiger charge is -2.11. The number of rotatable bonds is 7. The summed E-state index contributed by atoms with van der Waals surface area (Å²) in [7, 11) is -3.84. The Morgan fingerprint density at radius 2 is 2.10 bits per heavy atom. The van der Waals surface area contributed by atoms with Crippen molar-refractivity contribution in [2.75, 3.05) is 6.54 Å². The molecule has 0 saturated carbocycles. The van der Waals surface area contributed by atoms with Crippen LogP contribution in [-0.2, 0) is 10.0 Å². The molecule has 0 aromatic heterocycles. The van der Waals surface area contributed by atoms with Gasteiger partial charge in [0.25, 0.3) is 0 Å². The lowest BCUT2D eigenvalue weighted by Crippen LogP contribution is -2.26. The van der Waals surface area contributed by atoms with Crippen LogP contribution in [0, 0.1) is 18.3 Å². The maximum absolute atomic E-state index is 12.2. The fourth-order valence-corrected chi connectivity index (χ4v) is 3.42. The van der Waals surface area contributed by atoms with Crippen LogP contribution in [0.4, 0.5) is 0 Å². The first-order chi connectivity index (χ1) is 9.79. The number of benzene rings is 1. The lowest BCUT2D eigenvalue weighted by molar-refractivity contribution is 0.0696. The normalized spacial score (nSPS) is 11.1. The van der Waals surface area contributed by atoms with Gasteiger partial charge in [0, 0.05) is 18.0 Å². The summed E-state index contributed by atoms with van der Waals surface area (Å²) in [6.45, 7) is 1.60. The number of hydrogen-bond donors (Lipinski definition) is 2. The summed E-state index contributed by atoms with van der Waals surface area (Å²) in [6, 6.07) is 4.41. The van der Waals surface area contributed by atoms with Crippen molar-refractivity contribution >= 4 is 27.6 Å². The summed E-state index contributed by atoms with van der Waals surface area (Å²) in [4.78, 5) is 10.9. The van der Waals surface area contributed by atoms with Crippen molar-refractivity contribution in [1.82, 2.24) is 4.72 Å². The van der Waals surface area contributed by atoms with E-state index in [1.165, 1.54) is 19.1 Å². The van der Waals surface area contributed by atoms with Gasteiger partial charge in [0.1, 0.15) is 0 Å². The molecule has 0 spiro atoms. The Balaban J connectivity index is 2.98. The number of nitrogens with zero attached hydrogens (tertiary/aromatic N) is 1. The van der Waals surface area contributed by atoms with Gasteiger partial charge in [-0.2, -0.15) is 5.26 Å². The van der Waals surface area contributed by atoms with Crippen LogP contribution in [0.25, 0.3) is 0 Å². The maximum atomic E-state index is 12.2. The molecule has 0 atom stereocenters. The molecule has 0 radical (unpaired) electrons. The molecule has 114 valence electrons. The molecular formula is C13H15ClN2O4S. The third kappa shape index (κ3) is 4.70. The molecular weight excluding hydrogens is 316 g/mol. The number of halogens is 1. The van der Waals surface area contributed by atoms with Crippen molar-refractivity contribution in [2.45, 2.75) is 31.1 Å². The Morgan fingerprint density at radius 3 is 2.67 bits per heavy atom. The quantitative estimate of drug-likeness (QED) is 0.746. The van der Waals surface area contributed by atoms with Crippen LogP contribution in [0.2, 0.25) is 5.02 Å². The second kappa shape index (κ2) is 7.41. The number of sulfonamides is 1. The van der Waals surface area contributed by atoms with Gasteiger partial charge in [0.15, 0.2) is 0 Å². The zero-order valence-electron chi connectivity index (χ0n) is 11.4. The first kappa shape index (κ1) is 17.4. The topological polar surface area (TPSA) is 107 Å². The predicted molar refractivity (Wildman–Crippen MR) is 77.8 cm³/mol. The van der Waals surface area contributed by atoms with Gasteiger partial charge in [0.2, 0.25) is 10.0 Å². The van der Waals surface area contributed by atoms with Gasteiger partial charge in [0.05, 0.1) is 16.5 Å². The fourth-order valence-electron chi connectivity index (χ4n) is 1.77. The van der Waals surface area contributed by atoms with E-state index in [1.807, 2.05) is 6.07 Å². The number of nitriles is 1. The molecule has 0 bridgehead atoms. The molecule has 0 amide bonds. The Morgan fingerprint density at radius 1 is 1.43 bits per heavy atom. The molecule has 2 N–H and O–H groups in total. The largest absolute Gasteiger partial charge is 0.478 e. The molecule has 1 aromatic rings. The van der Waals surface area contributed by atoms with E-state index in [1.54, 1.807) is 0 Å². The van der Waals surface area contributed by atoms with E-state index in [9.17, 15) is 13.2 Å². The van der Waals surface area contributed by atoms with Crippen molar-refractivity contribution in [3.63, 3.8) is 0 Å². The van der Waals surface area contributed by atoms with Crippen LogP contribution in [0.3, 0.4) is 0 Å². The number of hydrogen-bond acceptors (Lipinski definition) is 4. The van der Waals surface area contributed by atoms with Gasteiger partial charge in [-0.15, -0.1) is 0 Å². The SMILES string of the molecule is Cc1c(C(=O)O)cc(Cl)cc1S(=O)(=O)NCCCCC#N. The molecule has 1 rings (SSSR count). The molecule has 0 aliphatic carbocycles. The standard InChI is InChI=1S/C13H15ClN2O4S/c1-9-11(13(17)18)7-10(14)8-12(9)21(19,20)16-6-4-2-3-5-15/h7-8,16H,2-4,6H2,1H3,(H,17,18). The Kier molecular flexibility index (Phi) is 6.15. The Bertz CT molecular complexity index is 680. The molecule has 0 fully saturated rings. The van der Waals surface area contributed by atoms with Crippen LogP contribution in [-0.4, -0.2) is 26.0 Å². The first-order valence-electron chi connectivity index (χ1n) is 6.19. The monoisotopic (exact) mass is 330 g/mol. The highest BCUT2D eigenvalue weighted by Gasteiger charge is 2.21. The second-order valence-corrected chi connectivity index (χ2v) is 6.57. The predicted octanol–water partition coefficient (Wildman–Crippen LogP) is 2.32. The van der Waals surface area contributed by atoms with Crippen molar-refractivity contribution < 1.29 is 18.3 Å². The van der Waals surface area contributed by atoms with Gasteiger partial charge in [-0.1, -0.05) is 11.6 Å². The number of nitrogens with one attached hydrogen (secondary N) is 1. The van der Waals surface area contributed by atoms with Crippen LogP contribution >= 0.6 is 11.6 Å². The van der Waals surface area contributed by atoms with Gasteiger partial charge < -0.3 is 5.11 Å². The summed E-state index contributed by atoms with van der Waals surface area (Å²) in [5, 5.41) is 17.5. The highest BCUT2D eigenvalue weighted by Crippen LogP contribution is 2.24. The average molecular weight is 331 g/mol. The Labute approximate surface area is 128 Å². The maximum Gasteiger partial charge on any atom is 0.336 e. The minimum absolute atomic E-state index is 0.0443. The van der Waals surface area contributed by atoms with Gasteiger partial charge in [-0.25, -0.2) is 17.9 Å². The van der Waals surface area contributed by atoms with E-state index in [4.69, 9.17) is 22.0 Å². The molecule has 0 heterocycles. The van der Waals surface area contributed by atoms with E-state index in [-0.39, 0.29) is 27.6 Å². The highest BCUT2D eigenvalue weighted by molar-refractivity contribution is 7.89. The number of carboxylic acid groups (broad SMARTS) is 1. The van der Waals surface area contributed by atoms with Crippen LogP contribution < -0.4 is 4.72 Å². The van der Waals surface area contributed by atoms with Gasteiger partial charge >= 0.3 is 5.97 Å². The highest BCUT2D eigenvalue weighted by atomic mass is 35.5. The summed E-state index contributed by atoms with van der Waals surface area (Å²) in [6.07, 6.45) is 1.48. The summed E-state index contributed by atoms with van der Waals surface area (Å²) >= 11 is 5.78. The third-order valence-corrected chi connectivity index (χ3v) is 4.66. The summed E-state index contributed by atoms with van der Waals surface area (Å²) in [5.41, 5.74) is -0.0104. The molecule has 6 nitrogen and oxygen atoms in total. The number of aromatic carboxylic acids is 1. The second-order valence-electron chi connectivity index (χ2n) is 4.39. The van der Waals surface area contributed by atoms with Crippen molar-refractivity contribution in [2.24, 2.45) is 0 Å². The molecule has 0 aliphatic heterocycles. The lowest BCUT2D eigenvalue weighted by atomic mass is 10.1. The van der Waals surface area contributed by atoms with Gasteiger partial charge in [-0.05, 0) is 37.5 Å². The van der Waals surface area contributed by atoms with Crippen molar-refractivity contribution in [3.8, 4) is 6.07 Å². The first-order valence-corrected chi connectivity index (χ1v) is 8.05. The van der Waals surface area contributed by atoms with E-state index in [2.05, 4.69) is 4.72 Å². The smallest absolute Gasteiger partial charge is 0.336 e. The zero-order valence-corrected chi connectivity index (χ0v) is 13.0. The zero-order chi connectivity index (χ0) is 16.0. The van der Waals surface area contributed by atoms with E-state index in [0.717, 1.165) is 0 Å². The molecule has 0 aliphatic rings. The molecule has 1 aromatic carbocycles.